The fourth-order valence-corrected chi connectivity index (χ4v) is 4.16. The molecule has 2 aromatic rings. The van der Waals surface area contributed by atoms with Crippen LogP contribution in [0.25, 0.3) is 0 Å². The van der Waals surface area contributed by atoms with Crippen LogP contribution in [-0.4, -0.2) is 49.9 Å². The SMILES string of the molecule is CC(=O)SC[C@H]1[C@H](C(=O)O)N(Cc2ccccc2)C(=O)N1Cc1ccccc1. The minimum absolute atomic E-state index is 0.0993. The van der Waals surface area contributed by atoms with Crippen LogP contribution < -0.4 is 0 Å². The highest BCUT2D eigenvalue weighted by atomic mass is 32.2. The summed E-state index contributed by atoms with van der Waals surface area (Å²) in [5.41, 5.74) is 1.78. The summed E-state index contributed by atoms with van der Waals surface area (Å²) in [6.45, 7) is 1.96. The largest absolute Gasteiger partial charge is 0.480 e. The Bertz CT molecular complexity index is 844. The zero-order valence-electron chi connectivity index (χ0n) is 15.5. The minimum atomic E-state index is -1.06. The first kappa shape index (κ1) is 19.9. The van der Waals surface area contributed by atoms with Crippen LogP contribution in [0.1, 0.15) is 18.1 Å². The van der Waals surface area contributed by atoms with Gasteiger partial charge >= 0.3 is 12.0 Å². The molecule has 7 heteroatoms. The molecule has 2 atom stereocenters. The molecule has 0 saturated carbocycles. The number of carboxylic acid groups (broad SMARTS) is 1. The van der Waals surface area contributed by atoms with Crippen molar-refractivity contribution < 1.29 is 19.5 Å². The highest BCUT2D eigenvalue weighted by molar-refractivity contribution is 8.13. The van der Waals surface area contributed by atoms with Crippen LogP contribution in [0.4, 0.5) is 4.79 Å². The van der Waals surface area contributed by atoms with Gasteiger partial charge in [0.15, 0.2) is 11.2 Å². The lowest BCUT2D eigenvalue weighted by atomic mass is 10.1. The number of amides is 2. The Kier molecular flexibility index (Phi) is 6.36. The zero-order valence-corrected chi connectivity index (χ0v) is 16.3. The number of carbonyl (C=O) groups is 3. The standard InChI is InChI=1S/C21H22N2O4S/c1-15(24)28-14-18-19(20(25)26)23(13-17-10-6-3-7-11-17)21(27)22(18)12-16-8-4-2-5-9-16/h2-11,18-19H,12-14H2,1H3,(H,25,26)/t18-,19+/m0/s1. The minimum Gasteiger partial charge on any atom is -0.480 e. The van der Waals surface area contributed by atoms with Gasteiger partial charge in [-0.15, -0.1) is 0 Å². The number of urea groups is 1. The number of benzene rings is 2. The predicted octanol–water partition coefficient (Wildman–Crippen LogP) is 3.23. The maximum Gasteiger partial charge on any atom is 0.328 e. The van der Waals surface area contributed by atoms with Gasteiger partial charge in [0.2, 0.25) is 0 Å². The predicted molar refractivity (Wildman–Crippen MR) is 108 cm³/mol. The molecule has 1 saturated heterocycles. The van der Waals surface area contributed by atoms with Crippen molar-refractivity contribution in [1.29, 1.82) is 0 Å². The topological polar surface area (TPSA) is 77.9 Å². The Morgan fingerprint density at radius 3 is 1.89 bits per heavy atom. The van der Waals surface area contributed by atoms with Crippen molar-refractivity contribution >= 4 is 28.9 Å². The molecule has 2 aromatic carbocycles. The number of carbonyl (C=O) groups excluding carboxylic acids is 2. The molecule has 0 bridgehead atoms. The Morgan fingerprint density at radius 2 is 1.43 bits per heavy atom. The maximum absolute atomic E-state index is 13.2. The Morgan fingerprint density at radius 1 is 0.929 bits per heavy atom. The normalized spacial score (nSPS) is 19.1. The van der Waals surface area contributed by atoms with Crippen LogP contribution in [0.5, 0.6) is 0 Å². The molecule has 1 N–H and O–H groups in total. The molecule has 3 rings (SSSR count). The molecule has 0 radical (unpaired) electrons. The smallest absolute Gasteiger partial charge is 0.328 e. The molecule has 2 amide bonds. The summed E-state index contributed by atoms with van der Waals surface area (Å²) in [4.78, 5) is 39.7. The molecule has 1 aliphatic rings. The van der Waals surface area contributed by atoms with Crippen molar-refractivity contribution in [1.82, 2.24) is 9.80 Å². The lowest BCUT2D eigenvalue weighted by Gasteiger charge is -2.24. The lowest BCUT2D eigenvalue weighted by Crippen LogP contribution is -2.44. The third-order valence-corrected chi connectivity index (χ3v) is 5.61. The van der Waals surface area contributed by atoms with Gasteiger partial charge in [-0.05, 0) is 11.1 Å². The fourth-order valence-electron chi connectivity index (χ4n) is 3.40. The van der Waals surface area contributed by atoms with E-state index in [-0.39, 0.29) is 23.4 Å². The van der Waals surface area contributed by atoms with Gasteiger partial charge < -0.3 is 14.9 Å². The second-order valence-corrected chi connectivity index (χ2v) is 7.86. The number of nitrogens with zero attached hydrogens (tertiary/aromatic N) is 2. The summed E-state index contributed by atoms with van der Waals surface area (Å²) in [7, 11) is 0. The van der Waals surface area contributed by atoms with Crippen molar-refractivity contribution in [3.8, 4) is 0 Å². The summed E-state index contributed by atoms with van der Waals surface area (Å²) >= 11 is 1.05. The Labute approximate surface area is 168 Å². The monoisotopic (exact) mass is 398 g/mol. The summed E-state index contributed by atoms with van der Waals surface area (Å²) < 4.78 is 0. The Balaban J connectivity index is 1.91. The maximum atomic E-state index is 13.2. The average Bonchev–Trinajstić information content (AvgIpc) is 2.93. The van der Waals surface area contributed by atoms with Crippen LogP contribution in [0.15, 0.2) is 60.7 Å². The van der Waals surface area contributed by atoms with Crippen LogP contribution in [0.3, 0.4) is 0 Å². The average molecular weight is 398 g/mol. The van der Waals surface area contributed by atoms with Gasteiger partial charge in [-0.1, -0.05) is 72.4 Å². The van der Waals surface area contributed by atoms with Gasteiger partial charge in [-0.3, -0.25) is 4.79 Å². The van der Waals surface area contributed by atoms with Crippen molar-refractivity contribution in [3.63, 3.8) is 0 Å². The van der Waals surface area contributed by atoms with E-state index in [1.807, 2.05) is 60.7 Å². The van der Waals surface area contributed by atoms with E-state index >= 15 is 0 Å². The molecule has 1 heterocycles. The van der Waals surface area contributed by atoms with Crippen molar-refractivity contribution in [2.24, 2.45) is 0 Å². The van der Waals surface area contributed by atoms with Crippen LogP contribution in [0, 0.1) is 0 Å². The first-order chi connectivity index (χ1) is 13.5. The molecule has 6 nitrogen and oxygen atoms in total. The molecule has 1 aliphatic heterocycles. The van der Waals surface area contributed by atoms with Gasteiger partial charge in [-0.25, -0.2) is 9.59 Å². The van der Waals surface area contributed by atoms with E-state index < -0.39 is 18.1 Å². The first-order valence-corrected chi connectivity index (χ1v) is 9.97. The molecule has 0 spiro atoms. The molecule has 1 fully saturated rings. The summed E-state index contributed by atoms with van der Waals surface area (Å²) in [5, 5.41) is 9.78. The number of aliphatic carboxylic acids is 1. The van der Waals surface area contributed by atoms with Crippen LogP contribution in [0.2, 0.25) is 0 Å². The van der Waals surface area contributed by atoms with Gasteiger partial charge in [-0.2, -0.15) is 0 Å². The summed E-state index contributed by atoms with van der Waals surface area (Å²) in [5.74, 6) is -0.815. The van der Waals surface area contributed by atoms with E-state index in [4.69, 9.17) is 0 Å². The lowest BCUT2D eigenvalue weighted by molar-refractivity contribution is -0.142. The van der Waals surface area contributed by atoms with E-state index in [2.05, 4.69) is 0 Å². The van der Waals surface area contributed by atoms with E-state index in [0.717, 1.165) is 22.9 Å². The molecule has 146 valence electrons. The van der Waals surface area contributed by atoms with Crippen molar-refractivity contribution in [3.05, 3.63) is 71.8 Å². The molecule has 0 aliphatic carbocycles. The second kappa shape index (κ2) is 8.93. The van der Waals surface area contributed by atoms with Gasteiger partial charge in [0.1, 0.15) is 0 Å². The molecular formula is C21H22N2O4S. The number of hydrogen-bond acceptors (Lipinski definition) is 4. The van der Waals surface area contributed by atoms with Crippen molar-refractivity contribution in [2.45, 2.75) is 32.1 Å². The first-order valence-electron chi connectivity index (χ1n) is 8.98. The van der Waals surface area contributed by atoms with Gasteiger partial charge in [0.25, 0.3) is 0 Å². The summed E-state index contributed by atoms with van der Waals surface area (Å²) in [6.07, 6.45) is 0. The molecular weight excluding hydrogens is 376 g/mol. The second-order valence-electron chi connectivity index (χ2n) is 6.66. The van der Waals surface area contributed by atoms with Gasteiger partial charge in [0, 0.05) is 25.8 Å². The van der Waals surface area contributed by atoms with Crippen LogP contribution in [-0.2, 0) is 22.7 Å². The van der Waals surface area contributed by atoms with E-state index in [9.17, 15) is 19.5 Å². The summed E-state index contributed by atoms with van der Waals surface area (Å²) in [6, 6.07) is 16.8. The zero-order chi connectivity index (χ0) is 20.1. The third kappa shape index (κ3) is 4.54. The Hall–Kier alpha value is -2.80. The fraction of sp³-hybridized carbons (Fsp3) is 0.286. The third-order valence-electron chi connectivity index (χ3n) is 4.69. The van der Waals surface area contributed by atoms with E-state index in [0.29, 0.717) is 6.54 Å². The van der Waals surface area contributed by atoms with E-state index in [1.165, 1.54) is 11.8 Å². The highest BCUT2D eigenvalue weighted by Gasteiger charge is 2.49. The molecule has 28 heavy (non-hydrogen) atoms. The number of hydrogen-bond donors (Lipinski definition) is 1. The number of rotatable bonds is 7. The van der Waals surface area contributed by atoms with E-state index in [1.54, 1.807) is 4.90 Å². The number of carboxylic acids is 1. The highest BCUT2D eigenvalue weighted by Crippen LogP contribution is 2.30. The molecule has 0 aromatic heterocycles. The molecule has 0 unspecified atom stereocenters. The van der Waals surface area contributed by atoms with Gasteiger partial charge in [0.05, 0.1) is 6.04 Å². The van der Waals surface area contributed by atoms with Crippen LogP contribution >= 0.6 is 11.8 Å². The van der Waals surface area contributed by atoms with Crippen molar-refractivity contribution in [2.75, 3.05) is 5.75 Å². The quantitative estimate of drug-likeness (QED) is 0.775. The number of thioether (sulfide) groups is 1.